The van der Waals surface area contributed by atoms with Crippen LogP contribution < -0.4 is 16.0 Å². The summed E-state index contributed by atoms with van der Waals surface area (Å²) in [5.74, 6) is -1.46. The number of hydrogen-bond donors (Lipinski definition) is 5. The second-order valence-corrected chi connectivity index (χ2v) is 14.2. The minimum absolute atomic E-state index is 0.115. The molecule has 5 N–H and O–H groups in total. The van der Waals surface area contributed by atoms with E-state index >= 15 is 0 Å². The Bertz CT molecular complexity index is 1260. The number of nitrogens with one attached hydrogen (secondary N) is 3. The summed E-state index contributed by atoms with van der Waals surface area (Å²) in [4.78, 5) is 67.4. The third kappa shape index (κ3) is 14.4. The third-order valence-electron chi connectivity index (χ3n) is 7.40. The quantitative estimate of drug-likeness (QED) is 0.128. The first-order valence-corrected chi connectivity index (χ1v) is 18.2. The summed E-state index contributed by atoms with van der Waals surface area (Å²) in [6.07, 6.45) is 7.27. The van der Waals surface area contributed by atoms with E-state index in [4.69, 9.17) is 19.1 Å². The molecule has 1 saturated heterocycles. The molecule has 1 fully saturated rings. The topological polar surface area (TPSA) is 192 Å². The van der Waals surface area contributed by atoms with E-state index in [1.165, 1.54) is 18.6 Å². The Morgan fingerprint density at radius 3 is 2.36 bits per heavy atom. The van der Waals surface area contributed by atoms with E-state index in [9.17, 15) is 18.9 Å². The molecule has 3 unspecified atom stereocenters. The van der Waals surface area contributed by atoms with Gasteiger partial charge in [0, 0.05) is 51.5 Å². The largest absolute Gasteiger partial charge is 0.537 e. The number of carbonyl (C=O) groups excluding carboxylic acids is 3. The van der Waals surface area contributed by atoms with Crippen molar-refractivity contribution in [3.05, 3.63) is 60.2 Å². The fourth-order valence-electron chi connectivity index (χ4n) is 5.15. The molecule has 1 aliphatic rings. The van der Waals surface area contributed by atoms with Crippen molar-refractivity contribution >= 4 is 41.7 Å². The van der Waals surface area contributed by atoms with Crippen LogP contribution >= 0.6 is 16.8 Å². The lowest BCUT2D eigenvalue weighted by Gasteiger charge is -2.30. The van der Waals surface area contributed by atoms with Gasteiger partial charge in [-0.2, -0.15) is 4.89 Å². The normalized spacial score (nSPS) is 17.1. The molecule has 0 saturated carbocycles. The summed E-state index contributed by atoms with van der Waals surface area (Å²) in [5, 5.41) is 8.34. The van der Waals surface area contributed by atoms with Gasteiger partial charge >= 0.3 is 15.1 Å². The SMILES string of the molecule is CC(C)C[C@@H](NC(=O)[C@@H](Cc1ccccc1)NC(=O)c1cnccn1)B1OCCCN(CCCC(=O)NC(PO)[P+](=O)O)CCCO1. The Morgan fingerprint density at radius 2 is 1.77 bits per heavy atom. The number of benzene rings is 1. The van der Waals surface area contributed by atoms with Crippen molar-refractivity contribution < 1.29 is 38.0 Å². The van der Waals surface area contributed by atoms with Crippen LogP contribution in [0.4, 0.5) is 0 Å². The smallest absolute Gasteiger partial charge is 0.410 e. The molecule has 256 valence electrons. The van der Waals surface area contributed by atoms with E-state index < -0.39 is 47.4 Å². The molecule has 0 bridgehead atoms. The predicted molar refractivity (Wildman–Crippen MR) is 180 cm³/mol. The lowest BCUT2D eigenvalue weighted by atomic mass is 9.73. The number of hydrogen-bond acceptors (Lipinski definition) is 10. The summed E-state index contributed by atoms with van der Waals surface area (Å²) in [7, 11) is -4.20. The minimum atomic E-state index is -2.68. The van der Waals surface area contributed by atoms with Crippen LogP contribution in [0.1, 0.15) is 62.0 Å². The Labute approximate surface area is 279 Å². The van der Waals surface area contributed by atoms with Crippen molar-refractivity contribution in [2.75, 3.05) is 32.8 Å². The molecule has 47 heavy (non-hydrogen) atoms. The van der Waals surface area contributed by atoms with E-state index in [-0.39, 0.29) is 36.3 Å². The highest BCUT2D eigenvalue weighted by Crippen LogP contribution is 2.32. The highest BCUT2D eigenvalue weighted by atomic mass is 31.2. The van der Waals surface area contributed by atoms with Gasteiger partial charge in [-0.05, 0) is 48.3 Å². The zero-order chi connectivity index (χ0) is 34.0. The van der Waals surface area contributed by atoms with Crippen LogP contribution in [-0.2, 0) is 29.9 Å². The zero-order valence-corrected chi connectivity index (χ0v) is 28.8. The van der Waals surface area contributed by atoms with Crippen molar-refractivity contribution in [3.63, 3.8) is 0 Å². The summed E-state index contributed by atoms with van der Waals surface area (Å²) >= 11 is 0. The molecular weight excluding hydrogens is 645 g/mol. The third-order valence-corrected chi connectivity index (χ3v) is 9.37. The van der Waals surface area contributed by atoms with Crippen molar-refractivity contribution in [2.45, 2.75) is 69.9 Å². The highest BCUT2D eigenvalue weighted by Gasteiger charge is 2.35. The number of aromatic nitrogens is 2. The molecule has 14 nitrogen and oxygen atoms in total. The second kappa shape index (κ2) is 21.2. The standard InChI is InChI=1S/C30H45BN6O8P2/c1-22(2)19-26(35-28(39)24(20-23-9-4-3-5-10-23)34-29(40)25-21-32-12-13-33-25)31-44-17-7-15-37(16-8-18-45-31)14-6-11-27(38)36-30(46-41)47(42)43/h3-5,9-10,12-13,21-22,24,26,30,41,46H,6-8,11,14-20H2,1-2H3,(H3-,34,35,36,38,39,40,42,43)/p+1/t24-,26-,30?/m1/s1. The van der Waals surface area contributed by atoms with E-state index in [1.54, 1.807) is 0 Å². The van der Waals surface area contributed by atoms with Crippen molar-refractivity contribution in [1.82, 2.24) is 30.8 Å². The van der Waals surface area contributed by atoms with Crippen molar-refractivity contribution in [3.8, 4) is 0 Å². The van der Waals surface area contributed by atoms with Gasteiger partial charge in [0.15, 0.2) is 0 Å². The predicted octanol–water partition coefficient (Wildman–Crippen LogP) is 2.01. The fourth-order valence-corrected chi connectivity index (χ4v) is 6.03. The first-order chi connectivity index (χ1) is 22.7. The van der Waals surface area contributed by atoms with Crippen LogP contribution in [0.15, 0.2) is 48.9 Å². The van der Waals surface area contributed by atoms with Gasteiger partial charge in [-0.1, -0.05) is 44.2 Å². The van der Waals surface area contributed by atoms with E-state index in [0.29, 0.717) is 45.4 Å². The van der Waals surface area contributed by atoms with E-state index in [2.05, 4.69) is 44.7 Å². The Balaban J connectivity index is 1.58. The van der Waals surface area contributed by atoms with Gasteiger partial charge in [-0.3, -0.25) is 19.4 Å². The molecule has 2 heterocycles. The van der Waals surface area contributed by atoms with Gasteiger partial charge in [0.05, 0.1) is 20.9 Å². The number of nitrogens with zero attached hydrogens (tertiary/aromatic N) is 3. The molecule has 0 radical (unpaired) electrons. The Hall–Kier alpha value is -2.90. The molecule has 2 aromatic rings. The van der Waals surface area contributed by atoms with Gasteiger partial charge in [0.25, 0.3) is 11.4 Å². The summed E-state index contributed by atoms with van der Waals surface area (Å²) < 4.78 is 23.6. The molecule has 0 spiro atoms. The zero-order valence-electron chi connectivity index (χ0n) is 26.9. The minimum Gasteiger partial charge on any atom is -0.410 e. The average Bonchev–Trinajstić information content (AvgIpc) is 3.06. The van der Waals surface area contributed by atoms with Gasteiger partial charge < -0.3 is 35.1 Å². The Kier molecular flexibility index (Phi) is 17.4. The number of amides is 3. The van der Waals surface area contributed by atoms with Crippen LogP contribution in [0.3, 0.4) is 0 Å². The maximum atomic E-state index is 13.8. The molecular formula is C30H46BN6O8P2+. The molecule has 3 amide bonds. The maximum Gasteiger partial charge on any atom is 0.537 e. The van der Waals surface area contributed by atoms with Crippen LogP contribution in [0.25, 0.3) is 0 Å². The molecule has 0 aliphatic carbocycles. The summed E-state index contributed by atoms with van der Waals surface area (Å²) in [6, 6.07) is 8.58. The summed E-state index contributed by atoms with van der Waals surface area (Å²) in [5.41, 5.74) is -0.125. The van der Waals surface area contributed by atoms with Gasteiger partial charge in [0.2, 0.25) is 11.8 Å². The Morgan fingerprint density at radius 1 is 1.06 bits per heavy atom. The van der Waals surface area contributed by atoms with Gasteiger partial charge in [0.1, 0.15) is 11.7 Å². The first kappa shape index (κ1) is 38.6. The van der Waals surface area contributed by atoms with E-state index in [1.807, 2.05) is 30.3 Å². The van der Waals surface area contributed by atoms with Crippen LogP contribution in [0.5, 0.6) is 0 Å². The maximum absolute atomic E-state index is 13.8. The molecule has 5 atom stereocenters. The van der Waals surface area contributed by atoms with Crippen molar-refractivity contribution in [2.24, 2.45) is 5.92 Å². The van der Waals surface area contributed by atoms with E-state index in [0.717, 1.165) is 18.7 Å². The van der Waals surface area contributed by atoms with Crippen LogP contribution in [0.2, 0.25) is 0 Å². The molecule has 17 heteroatoms. The molecule has 1 aromatic heterocycles. The average molecular weight is 691 g/mol. The highest BCUT2D eigenvalue weighted by molar-refractivity contribution is 7.54. The number of carbonyl (C=O) groups is 3. The molecule has 1 aromatic carbocycles. The first-order valence-electron chi connectivity index (χ1n) is 15.9. The van der Waals surface area contributed by atoms with Crippen LogP contribution in [-0.4, -0.2) is 99.8 Å². The molecule has 1 aliphatic heterocycles. The fraction of sp³-hybridized carbons (Fsp3) is 0.567. The van der Waals surface area contributed by atoms with Gasteiger partial charge in [-0.15, -0.1) is 0 Å². The monoisotopic (exact) mass is 691 g/mol. The lowest BCUT2D eigenvalue weighted by Crippen LogP contribution is -2.56. The second-order valence-electron chi connectivity index (χ2n) is 11.7. The van der Waals surface area contributed by atoms with Crippen LogP contribution in [0, 0.1) is 5.92 Å². The summed E-state index contributed by atoms with van der Waals surface area (Å²) in [6.45, 7) is 7.05. The van der Waals surface area contributed by atoms with Crippen molar-refractivity contribution in [1.29, 1.82) is 0 Å². The van der Waals surface area contributed by atoms with Gasteiger partial charge in [-0.25, -0.2) is 4.98 Å². The molecule has 3 rings (SSSR count). The number of rotatable bonds is 16. The lowest BCUT2D eigenvalue weighted by molar-refractivity contribution is -0.123.